The maximum absolute atomic E-state index is 16.0. The highest BCUT2D eigenvalue weighted by atomic mass is 19.2. The van der Waals surface area contributed by atoms with Gasteiger partial charge < -0.3 is 9.80 Å². The molecule has 12 rings (SSSR count). The first-order valence-corrected chi connectivity index (χ1v) is 21.8. The van der Waals surface area contributed by atoms with Crippen LogP contribution >= 0.6 is 0 Å². The van der Waals surface area contributed by atoms with Gasteiger partial charge in [0.05, 0.1) is 11.4 Å². The van der Waals surface area contributed by atoms with Crippen molar-refractivity contribution in [2.75, 3.05) is 9.80 Å². The number of hydrogen-bond acceptors (Lipinski definition) is 2. The highest BCUT2D eigenvalue weighted by Gasteiger charge is 2.25. The predicted octanol–water partition coefficient (Wildman–Crippen LogP) is 17.7. The second-order valence-electron chi connectivity index (χ2n) is 16.6. The van der Waals surface area contributed by atoms with Crippen LogP contribution < -0.4 is 9.80 Å². The molecule has 0 saturated carbocycles. The van der Waals surface area contributed by atoms with Crippen molar-refractivity contribution in [2.45, 2.75) is 0 Å². The first kappa shape index (κ1) is 39.1. The first-order valence-electron chi connectivity index (χ1n) is 21.8. The SMILES string of the molecule is Fc1cc(N(c2ccc3ccccc3c2)c2ccc3ccc4c(N(c5cc(F)c(F)c(-c6ccccc6)c5)c5ccc6ccccc6c5)ccc5ccc2c3c54)cc(-c2ccccc2)c1F. The number of hydrogen-bond donors (Lipinski definition) is 0. The van der Waals surface area contributed by atoms with Crippen LogP contribution in [0.2, 0.25) is 0 Å². The normalized spacial score (nSPS) is 11.6. The molecule has 2 nitrogen and oxygen atoms in total. The van der Waals surface area contributed by atoms with E-state index in [0.29, 0.717) is 22.5 Å². The molecule has 12 aromatic carbocycles. The fourth-order valence-corrected chi connectivity index (χ4v) is 9.71. The minimum atomic E-state index is -0.957. The van der Waals surface area contributed by atoms with Crippen LogP contribution in [-0.4, -0.2) is 0 Å². The topological polar surface area (TPSA) is 6.48 Å². The Morgan fingerprint density at radius 1 is 0.273 bits per heavy atom. The van der Waals surface area contributed by atoms with E-state index in [2.05, 4.69) is 48.5 Å². The van der Waals surface area contributed by atoms with Gasteiger partial charge in [0.2, 0.25) is 0 Å². The summed E-state index contributed by atoms with van der Waals surface area (Å²) >= 11 is 0. The maximum atomic E-state index is 16.0. The molecule has 0 fully saturated rings. The zero-order valence-electron chi connectivity index (χ0n) is 35.2. The molecule has 0 bridgehead atoms. The van der Waals surface area contributed by atoms with Gasteiger partial charge in [-0.3, -0.25) is 0 Å². The van der Waals surface area contributed by atoms with Crippen molar-refractivity contribution in [3.8, 4) is 22.3 Å². The first-order chi connectivity index (χ1) is 32.4. The molecule has 0 saturated heterocycles. The Labute approximate surface area is 377 Å². The van der Waals surface area contributed by atoms with Gasteiger partial charge >= 0.3 is 0 Å². The van der Waals surface area contributed by atoms with Crippen molar-refractivity contribution in [1.29, 1.82) is 0 Å². The Kier molecular flexibility index (Phi) is 9.28. The fraction of sp³-hybridized carbons (Fsp3) is 0. The Morgan fingerprint density at radius 3 is 1.06 bits per heavy atom. The molecule has 6 heteroatoms. The Morgan fingerprint density at radius 2 is 0.636 bits per heavy atom. The highest BCUT2D eigenvalue weighted by molar-refractivity contribution is 6.28. The summed E-state index contributed by atoms with van der Waals surface area (Å²) in [6.07, 6.45) is 0. The van der Waals surface area contributed by atoms with Crippen LogP contribution in [0.1, 0.15) is 0 Å². The smallest absolute Gasteiger partial charge is 0.166 e. The number of nitrogens with zero attached hydrogens (tertiary/aromatic N) is 2. The lowest BCUT2D eigenvalue weighted by Crippen LogP contribution is -2.12. The molecule has 66 heavy (non-hydrogen) atoms. The third-order valence-corrected chi connectivity index (χ3v) is 12.8. The van der Waals surface area contributed by atoms with Gasteiger partial charge in [-0.05, 0) is 103 Å². The van der Waals surface area contributed by atoms with Crippen LogP contribution in [-0.2, 0) is 0 Å². The van der Waals surface area contributed by atoms with Gasteiger partial charge in [0.1, 0.15) is 0 Å². The Hall–Kier alpha value is -8.48. The van der Waals surface area contributed by atoms with Gasteiger partial charge in [0.25, 0.3) is 0 Å². The van der Waals surface area contributed by atoms with Crippen LogP contribution in [0, 0.1) is 23.3 Å². The van der Waals surface area contributed by atoms with E-state index in [4.69, 9.17) is 0 Å². The van der Waals surface area contributed by atoms with Crippen molar-refractivity contribution < 1.29 is 17.6 Å². The van der Waals surface area contributed by atoms with Crippen molar-refractivity contribution in [1.82, 2.24) is 0 Å². The zero-order valence-corrected chi connectivity index (χ0v) is 35.2. The van der Waals surface area contributed by atoms with E-state index in [-0.39, 0.29) is 11.1 Å². The molecule has 0 heterocycles. The number of anilines is 6. The molecule has 0 radical (unpaired) electrons. The lowest BCUT2D eigenvalue weighted by atomic mass is 9.91. The summed E-state index contributed by atoms with van der Waals surface area (Å²) in [6, 6.07) is 68.9. The lowest BCUT2D eigenvalue weighted by molar-refractivity contribution is 0.511. The van der Waals surface area contributed by atoms with Crippen LogP contribution in [0.15, 0.2) is 218 Å². The Balaban J connectivity index is 1.12. The number of halogens is 4. The van der Waals surface area contributed by atoms with E-state index in [9.17, 15) is 0 Å². The molecule has 0 unspecified atom stereocenters. The minimum Gasteiger partial charge on any atom is -0.310 e. The average Bonchev–Trinajstić information content (AvgIpc) is 3.36. The monoisotopic (exact) mass is 860 g/mol. The molecule has 314 valence electrons. The molecule has 0 aliphatic heterocycles. The summed E-state index contributed by atoms with van der Waals surface area (Å²) in [5, 5.41) is 9.76. The third kappa shape index (κ3) is 6.49. The molecule has 12 aromatic rings. The van der Waals surface area contributed by atoms with Crippen molar-refractivity contribution in [2.24, 2.45) is 0 Å². The van der Waals surface area contributed by atoms with Crippen molar-refractivity contribution in [3.63, 3.8) is 0 Å². The van der Waals surface area contributed by atoms with Gasteiger partial charge in [-0.15, -0.1) is 0 Å². The zero-order chi connectivity index (χ0) is 44.5. The number of rotatable bonds is 8. The third-order valence-electron chi connectivity index (χ3n) is 12.8. The van der Waals surface area contributed by atoms with E-state index in [1.165, 1.54) is 12.1 Å². The standard InChI is InChI=1S/C60H36F4N2/c61-53-35-47(33-51(59(53)63)39-13-3-1-4-14-39)65(45-25-19-37-11-7-9-17-43(37)31-45)55-29-23-41-22-28-50-56(30-24-42-21-27-49(55)57(41)58(42)50)66(46-26-20-38-12-8-10-18-44(38)32-46)48-34-52(60(64)54(62)36-48)40-15-5-2-6-16-40/h1-36H. The van der Waals surface area contributed by atoms with E-state index >= 15 is 17.6 Å². The largest absolute Gasteiger partial charge is 0.310 e. The quantitative estimate of drug-likeness (QED) is 0.111. The van der Waals surface area contributed by atoms with Crippen LogP contribution in [0.3, 0.4) is 0 Å². The van der Waals surface area contributed by atoms with Gasteiger partial charge in [0.15, 0.2) is 23.3 Å². The maximum Gasteiger partial charge on any atom is 0.166 e. The van der Waals surface area contributed by atoms with Gasteiger partial charge in [0, 0.05) is 56.8 Å². The molecule has 0 aromatic heterocycles. The number of fused-ring (bicyclic) bond motifs is 2. The second-order valence-corrected chi connectivity index (χ2v) is 16.6. The molecule has 0 amide bonds. The van der Waals surface area contributed by atoms with Crippen LogP contribution in [0.5, 0.6) is 0 Å². The summed E-state index contributed by atoms with van der Waals surface area (Å²) in [6.45, 7) is 0. The summed E-state index contributed by atoms with van der Waals surface area (Å²) in [5.41, 5.74) is 5.40. The van der Waals surface area contributed by atoms with Gasteiger partial charge in [-0.2, -0.15) is 0 Å². The van der Waals surface area contributed by atoms with E-state index in [0.717, 1.165) is 76.6 Å². The van der Waals surface area contributed by atoms with E-state index < -0.39 is 23.3 Å². The number of benzene rings is 12. The van der Waals surface area contributed by atoms with Crippen LogP contribution in [0.4, 0.5) is 51.7 Å². The predicted molar refractivity (Wildman–Crippen MR) is 265 cm³/mol. The van der Waals surface area contributed by atoms with Crippen LogP contribution in [0.25, 0.3) is 76.1 Å². The highest BCUT2D eigenvalue weighted by Crippen LogP contribution is 2.49. The summed E-state index contributed by atoms with van der Waals surface area (Å²) in [5.74, 6) is -3.75. The summed E-state index contributed by atoms with van der Waals surface area (Å²) in [4.78, 5) is 4.00. The minimum absolute atomic E-state index is 0.153. The van der Waals surface area contributed by atoms with Gasteiger partial charge in [-0.1, -0.05) is 158 Å². The molecule has 0 aliphatic carbocycles. The van der Waals surface area contributed by atoms with E-state index in [1.54, 1.807) is 36.4 Å². The van der Waals surface area contributed by atoms with Crippen molar-refractivity contribution in [3.05, 3.63) is 242 Å². The molecule has 0 spiro atoms. The average molecular weight is 861 g/mol. The summed E-state index contributed by atoms with van der Waals surface area (Å²) in [7, 11) is 0. The molecular formula is C60H36F4N2. The van der Waals surface area contributed by atoms with E-state index in [1.807, 2.05) is 131 Å². The molecular weight excluding hydrogens is 825 g/mol. The summed E-state index contributed by atoms with van der Waals surface area (Å²) < 4.78 is 63.6. The fourth-order valence-electron chi connectivity index (χ4n) is 9.71. The second kappa shape index (κ2) is 15.6. The molecule has 0 aliphatic rings. The van der Waals surface area contributed by atoms with Crippen molar-refractivity contribution >= 4 is 88.0 Å². The Bertz CT molecular complexity index is 3580. The lowest BCUT2D eigenvalue weighted by Gasteiger charge is -2.30. The van der Waals surface area contributed by atoms with Gasteiger partial charge in [-0.25, -0.2) is 17.6 Å². The molecule has 0 atom stereocenters. The molecule has 0 N–H and O–H groups in total.